The SMILES string of the molecule is CNC1CCCN(CCCC(=O)NC2CC2)C1=O. The molecule has 1 unspecified atom stereocenters. The summed E-state index contributed by atoms with van der Waals surface area (Å²) in [5.74, 6) is 0.318. The highest BCUT2D eigenvalue weighted by Crippen LogP contribution is 2.19. The van der Waals surface area contributed by atoms with Crippen LogP contribution in [-0.4, -0.2) is 48.9 Å². The van der Waals surface area contributed by atoms with E-state index in [0.29, 0.717) is 19.0 Å². The number of nitrogens with zero attached hydrogens (tertiary/aromatic N) is 1. The Kier molecular flexibility index (Phi) is 4.58. The maximum absolute atomic E-state index is 12.0. The van der Waals surface area contributed by atoms with Crippen molar-refractivity contribution in [3.05, 3.63) is 0 Å². The average molecular weight is 253 g/mol. The third-order valence-electron chi connectivity index (χ3n) is 3.65. The fourth-order valence-electron chi connectivity index (χ4n) is 2.39. The molecule has 1 aliphatic heterocycles. The quantitative estimate of drug-likeness (QED) is 0.713. The molecule has 0 bridgehead atoms. The summed E-state index contributed by atoms with van der Waals surface area (Å²) < 4.78 is 0. The molecule has 102 valence electrons. The highest BCUT2D eigenvalue weighted by molar-refractivity contribution is 5.82. The zero-order valence-electron chi connectivity index (χ0n) is 11.1. The van der Waals surface area contributed by atoms with Crippen LogP contribution in [0.25, 0.3) is 0 Å². The second kappa shape index (κ2) is 6.18. The zero-order valence-corrected chi connectivity index (χ0v) is 11.1. The van der Waals surface area contributed by atoms with Crippen LogP contribution < -0.4 is 10.6 Å². The molecule has 2 amide bonds. The van der Waals surface area contributed by atoms with Crippen LogP contribution in [0.2, 0.25) is 0 Å². The number of carbonyl (C=O) groups excluding carboxylic acids is 2. The summed E-state index contributed by atoms with van der Waals surface area (Å²) in [7, 11) is 1.83. The normalized spacial score (nSPS) is 24.2. The first-order chi connectivity index (χ1) is 8.70. The van der Waals surface area contributed by atoms with Crippen molar-refractivity contribution in [2.24, 2.45) is 0 Å². The van der Waals surface area contributed by atoms with Crippen LogP contribution in [0.3, 0.4) is 0 Å². The Labute approximate surface area is 108 Å². The lowest BCUT2D eigenvalue weighted by Crippen LogP contribution is -2.49. The number of likely N-dealkylation sites (N-methyl/N-ethyl adjacent to an activating group) is 1. The second-order valence-corrected chi connectivity index (χ2v) is 5.25. The molecule has 1 heterocycles. The number of amides is 2. The molecule has 2 aliphatic rings. The van der Waals surface area contributed by atoms with Gasteiger partial charge >= 0.3 is 0 Å². The van der Waals surface area contributed by atoms with Crippen molar-refractivity contribution in [2.75, 3.05) is 20.1 Å². The van der Waals surface area contributed by atoms with E-state index >= 15 is 0 Å². The van der Waals surface area contributed by atoms with Gasteiger partial charge in [0.25, 0.3) is 0 Å². The average Bonchev–Trinajstić information content (AvgIpc) is 3.15. The first-order valence-electron chi connectivity index (χ1n) is 6.96. The van der Waals surface area contributed by atoms with E-state index in [4.69, 9.17) is 0 Å². The Morgan fingerprint density at radius 1 is 1.39 bits per heavy atom. The highest BCUT2D eigenvalue weighted by atomic mass is 16.2. The smallest absolute Gasteiger partial charge is 0.239 e. The van der Waals surface area contributed by atoms with Crippen LogP contribution in [0.4, 0.5) is 0 Å². The molecule has 5 nitrogen and oxygen atoms in total. The van der Waals surface area contributed by atoms with E-state index in [9.17, 15) is 9.59 Å². The molecule has 1 saturated heterocycles. The first kappa shape index (κ1) is 13.3. The molecule has 1 saturated carbocycles. The van der Waals surface area contributed by atoms with Gasteiger partial charge < -0.3 is 15.5 Å². The minimum absolute atomic E-state index is 0.0287. The third-order valence-corrected chi connectivity index (χ3v) is 3.65. The minimum atomic E-state index is -0.0287. The predicted molar refractivity (Wildman–Crippen MR) is 69.1 cm³/mol. The molecule has 2 rings (SSSR count). The Hall–Kier alpha value is -1.10. The zero-order chi connectivity index (χ0) is 13.0. The summed E-state index contributed by atoms with van der Waals surface area (Å²) in [6.45, 7) is 1.54. The van der Waals surface area contributed by atoms with Gasteiger partial charge in [-0.15, -0.1) is 0 Å². The molecule has 18 heavy (non-hydrogen) atoms. The van der Waals surface area contributed by atoms with E-state index in [-0.39, 0.29) is 17.9 Å². The van der Waals surface area contributed by atoms with Gasteiger partial charge in [0.15, 0.2) is 0 Å². The van der Waals surface area contributed by atoms with E-state index in [2.05, 4.69) is 10.6 Å². The van der Waals surface area contributed by atoms with Crippen molar-refractivity contribution in [3.8, 4) is 0 Å². The maximum Gasteiger partial charge on any atom is 0.239 e. The fraction of sp³-hybridized carbons (Fsp3) is 0.846. The summed E-state index contributed by atoms with van der Waals surface area (Å²) in [4.78, 5) is 25.4. The molecular formula is C13H23N3O2. The summed E-state index contributed by atoms with van der Waals surface area (Å²) >= 11 is 0. The van der Waals surface area contributed by atoms with E-state index in [1.165, 1.54) is 0 Å². The lowest BCUT2D eigenvalue weighted by molar-refractivity contribution is -0.136. The van der Waals surface area contributed by atoms with E-state index in [1.54, 1.807) is 0 Å². The summed E-state index contributed by atoms with van der Waals surface area (Å²) in [5.41, 5.74) is 0. The number of likely N-dealkylation sites (tertiary alicyclic amines) is 1. The van der Waals surface area contributed by atoms with Gasteiger partial charge in [-0.1, -0.05) is 0 Å². The van der Waals surface area contributed by atoms with Crippen LogP contribution in [0.1, 0.15) is 38.5 Å². The van der Waals surface area contributed by atoms with Crippen molar-refractivity contribution in [3.63, 3.8) is 0 Å². The van der Waals surface area contributed by atoms with Crippen LogP contribution >= 0.6 is 0 Å². The Bertz CT molecular complexity index is 315. The monoisotopic (exact) mass is 253 g/mol. The van der Waals surface area contributed by atoms with Crippen LogP contribution in [0.15, 0.2) is 0 Å². The molecule has 1 atom stereocenters. The van der Waals surface area contributed by atoms with Gasteiger partial charge in [0.2, 0.25) is 11.8 Å². The number of piperidine rings is 1. The molecule has 5 heteroatoms. The number of hydrogen-bond donors (Lipinski definition) is 2. The third kappa shape index (κ3) is 3.70. The summed E-state index contributed by atoms with van der Waals surface area (Å²) in [6.07, 6.45) is 5.52. The lowest BCUT2D eigenvalue weighted by atomic mass is 10.0. The predicted octanol–water partition coefficient (Wildman–Crippen LogP) is 0.256. The van der Waals surface area contributed by atoms with E-state index in [1.807, 2.05) is 11.9 Å². The molecular weight excluding hydrogens is 230 g/mol. The van der Waals surface area contributed by atoms with Gasteiger partial charge in [0, 0.05) is 25.6 Å². The van der Waals surface area contributed by atoms with Gasteiger partial charge in [-0.05, 0) is 39.2 Å². The number of hydrogen-bond acceptors (Lipinski definition) is 3. The Morgan fingerprint density at radius 2 is 2.17 bits per heavy atom. The van der Waals surface area contributed by atoms with Crippen molar-refractivity contribution < 1.29 is 9.59 Å². The lowest BCUT2D eigenvalue weighted by Gasteiger charge is -2.32. The Morgan fingerprint density at radius 3 is 2.83 bits per heavy atom. The minimum Gasteiger partial charge on any atom is -0.353 e. The highest BCUT2D eigenvalue weighted by Gasteiger charge is 2.27. The molecule has 2 N–H and O–H groups in total. The van der Waals surface area contributed by atoms with Gasteiger partial charge in [-0.2, -0.15) is 0 Å². The topological polar surface area (TPSA) is 61.4 Å². The Balaban J connectivity index is 1.65. The summed E-state index contributed by atoms with van der Waals surface area (Å²) in [5, 5.41) is 6.01. The van der Waals surface area contributed by atoms with E-state index in [0.717, 1.165) is 38.6 Å². The number of nitrogens with one attached hydrogen (secondary N) is 2. The molecule has 0 aromatic carbocycles. The maximum atomic E-state index is 12.0. The molecule has 0 radical (unpaired) electrons. The van der Waals surface area contributed by atoms with Crippen molar-refractivity contribution in [1.82, 2.24) is 15.5 Å². The fourth-order valence-corrected chi connectivity index (χ4v) is 2.39. The summed E-state index contributed by atoms with van der Waals surface area (Å²) in [6, 6.07) is 0.404. The molecule has 0 spiro atoms. The van der Waals surface area contributed by atoms with Gasteiger partial charge in [-0.3, -0.25) is 9.59 Å². The van der Waals surface area contributed by atoms with Crippen LogP contribution in [0.5, 0.6) is 0 Å². The van der Waals surface area contributed by atoms with Gasteiger partial charge in [0.05, 0.1) is 6.04 Å². The molecule has 0 aromatic heterocycles. The standard InChI is InChI=1S/C13H23N3O2/c1-14-11-4-2-8-16(13(11)18)9-3-5-12(17)15-10-6-7-10/h10-11,14H,2-9H2,1H3,(H,15,17). The molecule has 2 fully saturated rings. The largest absolute Gasteiger partial charge is 0.353 e. The first-order valence-corrected chi connectivity index (χ1v) is 6.96. The number of rotatable bonds is 6. The van der Waals surface area contributed by atoms with Crippen molar-refractivity contribution in [1.29, 1.82) is 0 Å². The molecule has 1 aliphatic carbocycles. The van der Waals surface area contributed by atoms with Crippen LogP contribution in [-0.2, 0) is 9.59 Å². The van der Waals surface area contributed by atoms with Gasteiger partial charge in [0.1, 0.15) is 0 Å². The molecule has 0 aromatic rings. The van der Waals surface area contributed by atoms with Crippen LogP contribution in [0, 0.1) is 0 Å². The van der Waals surface area contributed by atoms with Crippen molar-refractivity contribution in [2.45, 2.75) is 50.6 Å². The number of carbonyl (C=O) groups is 2. The second-order valence-electron chi connectivity index (χ2n) is 5.25. The van der Waals surface area contributed by atoms with E-state index < -0.39 is 0 Å². The van der Waals surface area contributed by atoms with Crippen molar-refractivity contribution >= 4 is 11.8 Å². The van der Waals surface area contributed by atoms with Gasteiger partial charge in [-0.25, -0.2) is 0 Å².